The van der Waals surface area contributed by atoms with Crippen LogP contribution in [0.2, 0.25) is 5.02 Å². The van der Waals surface area contributed by atoms with Crippen molar-refractivity contribution in [2.75, 3.05) is 0 Å². The quantitative estimate of drug-likeness (QED) is 0.279. The Morgan fingerprint density at radius 2 is 1.72 bits per heavy atom. The molecule has 1 aromatic heterocycles. The van der Waals surface area contributed by atoms with Crippen LogP contribution in [-0.2, 0) is 11.3 Å². The Balaban J connectivity index is 1.31. The number of rotatable bonds is 5. The first-order chi connectivity index (χ1) is 15.5. The van der Waals surface area contributed by atoms with Crippen molar-refractivity contribution >= 4 is 63.1 Å². The van der Waals surface area contributed by atoms with Crippen molar-refractivity contribution in [3.05, 3.63) is 100 Å². The molecular formula is C25H16ClNO3S2. The van der Waals surface area contributed by atoms with E-state index >= 15 is 0 Å². The van der Waals surface area contributed by atoms with E-state index in [0.717, 1.165) is 33.0 Å². The number of halogens is 1. The lowest BCUT2D eigenvalue weighted by Crippen LogP contribution is -2.27. The van der Waals surface area contributed by atoms with Gasteiger partial charge in [0.2, 0.25) is 0 Å². The SMILES string of the molecule is O=C1S/C(=C\c2ccc(Sc3ccc(Cl)cc3)o2)C(=O)N1Cc1ccc2ccccc2c1. The molecule has 0 aliphatic carbocycles. The van der Waals surface area contributed by atoms with Crippen LogP contribution in [0.5, 0.6) is 0 Å². The second-order valence-corrected chi connectivity index (χ2v) is 9.67. The summed E-state index contributed by atoms with van der Waals surface area (Å²) < 4.78 is 5.82. The molecule has 2 heterocycles. The maximum Gasteiger partial charge on any atom is 0.293 e. The molecule has 1 fully saturated rings. The summed E-state index contributed by atoms with van der Waals surface area (Å²) in [4.78, 5) is 28.0. The largest absolute Gasteiger partial charge is 0.450 e. The van der Waals surface area contributed by atoms with Gasteiger partial charge in [-0.3, -0.25) is 14.5 Å². The Morgan fingerprint density at radius 3 is 2.53 bits per heavy atom. The second-order valence-electron chi connectivity index (χ2n) is 7.16. The number of furan rings is 1. The van der Waals surface area contributed by atoms with E-state index in [1.807, 2.05) is 72.8 Å². The molecule has 4 aromatic rings. The molecule has 4 nitrogen and oxygen atoms in total. The number of carbonyl (C=O) groups excluding carboxylic acids is 2. The maximum atomic E-state index is 12.9. The molecule has 2 amide bonds. The Labute approximate surface area is 198 Å². The lowest BCUT2D eigenvalue weighted by molar-refractivity contribution is -0.123. The average Bonchev–Trinajstić information content (AvgIpc) is 3.34. The van der Waals surface area contributed by atoms with E-state index in [-0.39, 0.29) is 17.7 Å². The number of imide groups is 1. The van der Waals surface area contributed by atoms with Gasteiger partial charge in [0.1, 0.15) is 5.76 Å². The van der Waals surface area contributed by atoms with Gasteiger partial charge in [0.15, 0.2) is 5.09 Å². The van der Waals surface area contributed by atoms with Gasteiger partial charge in [0.25, 0.3) is 11.1 Å². The van der Waals surface area contributed by atoms with Gasteiger partial charge in [-0.2, -0.15) is 0 Å². The summed E-state index contributed by atoms with van der Waals surface area (Å²) in [5.41, 5.74) is 0.909. The maximum absolute atomic E-state index is 12.9. The summed E-state index contributed by atoms with van der Waals surface area (Å²) in [6.45, 7) is 0.239. The molecule has 7 heteroatoms. The predicted molar refractivity (Wildman–Crippen MR) is 130 cm³/mol. The summed E-state index contributed by atoms with van der Waals surface area (Å²) in [7, 11) is 0. The van der Waals surface area contributed by atoms with Crippen LogP contribution < -0.4 is 0 Å². The molecule has 0 N–H and O–H groups in total. The highest BCUT2D eigenvalue weighted by molar-refractivity contribution is 8.18. The molecule has 5 rings (SSSR count). The number of hydrogen-bond donors (Lipinski definition) is 0. The van der Waals surface area contributed by atoms with E-state index < -0.39 is 0 Å². The van der Waals surface area contributed by atoms with Crippen molar-refractivity contribution in [2.24, 2.45) is 0 Å². The van der Waals surface area contributed by atoms with E-state index in [4.69, 9.17) is 16.0 Å². The summed E-state index contributed by atoms with van der Waals surface area (Å²) in [5, 5.41) is 3.28. The first kappa shape index (κ1) is 20.9. The first-order valence-corrected chi connectivity index (χ1v) is 11.8. The fraction of sp³-hybridized carbons (Fsp3) is 0.0400. The van der Waals surface area contributed by atoms with E-state index in [0.29, 0.717) is 20.8 Å². The van der Waals surface area contributed by atoms with Gasteiger partial charge in [-0.15, -0.1) is 0 Å². The molecule has 0 saturated carbocycles. The Morgan fingerprint density at radius 1 is 0.938 bits per heavy atom. The molecule has 0 radical (unpaired) electrons. The normalized spacial score (nSPS) is 15.3. The number of benzene rings is 3. The van der Waals surface area contributed by atoms with E-state index in [1.165, 1.54) is 16.7 Å². The molecule has 3 aromatic carbocycles. The van der Waals surface area contributed by atoms with E-state index in [2.05, 4.69) is 0 Å². The predicted octanol–water partition coefficient (Wildman–Crippen LogP) is 7.47. The molecular weight excluding hydrogens is 462 g/mol. The van der Waals surface area contributed by atoms with Crippen LogP contribution >= 0.6 is 35.1 Å². The topological polar surface area (TPSA) is 50.5 Å². The zero-order valence-corrected chi connectivity index (χ0v) is 19.0. The van der Waals surface area contributed by atoms with Gasteiger partial charge in [-0.1, -0.05) is 59.8 Å². The zero-order valence-electron chi connectivity index (χ0n) is 16.7. The number of hydrogen-bond acceptors (Lipinski definition) is 5. The van der Waals surface area contributed by atoms with Crippen LogP contribution in [0.3, 0.4) is 0 Å². The van der Waals surface area contributed by atoms with Crippen LogP contribution in [0.15, 0.2) is 98.2 Å². The third-order valence-electron chi connectivity index (χ3n) is 4.94. The van der Waals surface area contributed by atoms with E-state index in [1.54, 1.807) is 12.1 Å². The lowest BCUT2D eigenvalue weighted by Gasteiger charge is -2.13. The Hall–Kier alpha value is -2.93. The monoisotopic (exact) mass is 477 g/mol. The molecule has 0 bridgehead atoms. The van der Waals surface area contributed by atoms with Gasteiger partial charge in [0, 0.05) is 16.0 Å². The van der Waals surface area contributed by atoms with Crippen molar-refractivity contribution < 1.29 is 14.0 Å². The summed E-state index contributed by atoms with van der Waals surface area (Å²) in [6.07, 6.45) is 1.62. The summed E-state index contributed by atoms with van der Waals surface area (Å²) >= 11 is 8.31. The van der Waals surface area contributed by atoms with Gasteiger partial charge in [0.05, 0.1) is 11.4 Å². The highest BCUT2D eigenvalue weighted by Crippen LogP contribution is 2.35. The highest BCUT2D eigenvalue weighted by atomic mass is 35.5. The number of nitrogens with zero attached hydrogens (tertiary/aromatic N) is 1. The molecule has 1 aliphatic rings. The van der Waals surface area contributed by atoms with Crippen LogP contribution in [0.25, 0.3) is 16.8 Å². The smallest absolute Gasteiger partial charge is 0.293 e. The van der Waals surface area contributed by atoms with Crippen molar-refractivity contribution in [3.63, 3.8) is 0 Å². The average molecular weight is 478 g/mol. The standard InChI is InChI=1S/C25H16ClNO3S2/c26-19-7-10-21(11-8-19)31-23-12-9-20(30-23)14-22-24(28)27(25(29)32-22)15-16-5-6-17-3-1-2-4-18(17)13-16/h1-14H,15H2/b22-14-. The van der Waals surface area contributed by atoms with Crippen molar-refractivity contribution in [1.29, 1.82) is 0 Å². The van der Waals surface area contributed by atoms with E-state index in [9.17, 15) is 9.59 Å². The van der Waals surface area contributed by atoms with Crippen LogP contribution in [0.1, 0.15) is 11.3 Å². The third-order valence-corrected chi connectivity index (χ3v) is 7.02. The molecule has 158 valence electrons. The summed E-state index contributed by atoms with van der Waals surface area (Å²) in [6, 6.07) is 25.0. The highest BCUT2D eigenvalue weighted by Gasteiger charge is 2.35. The van der Waals surface area contributed by atoms with Gasteiger partial charge >= 0.3 is 0 Å². The molecule has 0 spiro atoms. The molecule has 0 atom stereocenters. The van der Waals surface area contributed by atoms with Gasteiger partial charge < -0.3 is 4.42 Å². The second kappa shape index (κ2) is 8.90. The van der Waals surface area contributed by atoms with Crippen LogP contribution in [0.4, 0.5) is 4.79 Å². The van der Waals surface area contributed by atoms with Gasteiger partial charge in [-0.05, 0) is 70.6 Å². The zero-order chi connectivity index (χ0) is 22.1. The molecule has 32 heavy (non-hydrogen) atoms. The summed E-state index contributed by atoms with van der Waals surface area (Å²) in [5.74, 6) is 0.217. The first-order valence-electron chi connectivity index (χ1n) is 9.81. The number of carbonyl (C=O) groups is 2. The third kappa shape index (κ3) is 4.48. The Bertz CT molecular complexity index is 1360. The lowest BCUT2D eigenvalue weighted by atomic mass is 10.1. The van der Waals surface area contributed by atoms with Gasteiger partial charge in [-0.25, -0.2) is 0 Å². The molecule has 1 saturated heterocycles. The fourth-order valence-electron chi connectivity index (χ4n) is 3.37. The fourth-order valence-corrected chi connectivity index (χ4v) is 5.09. The molecule has 0 unspecified atom stereocenters. The van der Waals surface area contributed by atoms with Crippen molar-refractivity contribution in [3.8, 4) is 0 Å². The number of amides is 2. The molecule has 1 aliphatic heterocycles. The Kier molecular flexibility index (Phi) is 5.83. The van der Waals surface area contributed by atoms with Crippen molar-refractivity contribution in [1.82, 2.24) is 4.90 Å². The van der Waals surface area contributed by atoms with Crippen LogP contribution in [-0.4, -0.2) is 16.0 Å². The minimum Gasteiger partial charge on any atom is -0.450 e. The van der Waals surface area contributed by atoms with Crippen LogP contribution in [0, 0.1) is 0 Å². The van der Waals surface area contributed by atoms with Crippen molar-refractivity contribution in [2.45, 2.75) is 16.5 Å². The minimum atomic E-state index is -0.309. The minimum absolute atomic E-state index is 0.239. The number of thioether (sulfide) groups is 1. The number of fused-ring (bicyclic) bond motifs is 1.